The number of anilines is 1. The fourth-order valence-corrected chi connectivity index (χ4v) is 3.38. The largest absolute Gasteiger partial charge is 0.360 e. The van der Waals surface area contributed by atoms with E-state index in [9.17, 15) is 14.0 Å². The first kappa shape index (κ1) is 14.6. The molecule has 1 aromatic heterocycles. The van der Waals surface area contributed by atoms with Crippen molar-refractivity contribution < 1.29 is 14.0 Å². The second-order valence-electron chi connectivity index (χ2n) is 6.08. The number of H-pyrrole nitrogens is 1. The molecule has 1 N–H and O–H groups in total. The van der Waals surface area contributed by atoms with E-state index in [2.05, 4.69) is 4.98 Å². The lowest BCUT2D eigenvalue weighted by Gasteiger charge is -2.21. The number of Topliss-reactive ketones (excluding diaryl/α,β-unsaturated/α-hetero) is 1. The van der Waals surface area contributed by atoms with Gasteiger partial charge in [-0.15, -0.1) is 0 Å². The van der Waals surface area contributed by atoms with Gasteiger partial charge in [0.25, 0.3) is 11.7 Å². The number of rotatable bonds is 2. The summed E-state index contributed by atoms with van der Waals surface area (Å²) in [5, 5.41) is 0.425. The van der Waals surface area contributed by atoms with E-state index >= 15 is 0 Å². The number of aromatic nitrogens is 1. The van der Waals surface area contributed by atoms with Gasteiger partial charge >= 0.3 is 0 Å². The number of nitrogens with zero attached hydrogens (tertiary/aromatic N) is 1. The summed E-state index contributed by atoms with van der Waals surface area (Å²) in [4.78, 5) is 30.0. The Morgan fingerprint density at radius 3 is 2.83 bits per heavy atom. The van der Waals surface area contributed by atoms with Crippen LogP contribution in [0.2, 0.25) is 0 Å². The summed E-state index contributed by atoms with van der Waals surface area (Å²) in [6, 6.07) is 11.6. The Balaban J connectivity index is 1.74. The van der Waals surface area contributed by atoms with E-state index in [0.29, 0.717) is 10.9 Å². The zero-order valence-electron chi connectivity index (χ0n) is 13.0. The molecule has 3 aromatic rings. The standard InChI is InChI=1S/C19H15FN2O2/c1-11-8-12-4-2-3-5-17(12)22(11)19(24)18(23)15-10-21-16-7-6-13(20)9-14(15)16/h2-7,9-11,21H,8H2,1H3. The van der Waals surface area contributed by atoms with Gasteiger partial charge in [0.2, 0.25) is 0 Å². The predicted molar refractivity (Wildman–Crippen MR) is 89.7 cm³/mol. The molecule has 0 fully saturated rings. The molecule has 120 valence electrons. The first-order valence-electron chi connectivity index (χ1n) is 7.78. The molecular formula is C19H15FN2O2. The van der Waals surface area contributed by atoms with Gasteiger partial charge in [-0.25, -0.2) is 4.39 Å². The number of fused-ring (bicyclic) bond motifs is 2. The average molecular weight is 322 g/mol. The molecule has 0 saturated heterocycles. The zero-order valence-corrected chi connectivity index (χ0v) is 13.0. The highest BCUT2D eigenvalue weighted by molar-refractivity contribution is 6.49. The topological polar surface area (TPSA) is 53.2 Å². The third kappa shape index (κ3) is 2.12. The molecule has 5 heteroatoms. The smallest absolute Gasteiger partial charge is 0.299 e. The minimum Gasteiger partial charge on any atom is -0.360 e. The number of amides is 1. The van der Waals surface area contributed by atoms with E-state index in [1.54, 1.807) is 6.07 Å². The van der Waals surface area contributed by atoms with Crippen LogP contribution in [0.1, 0.15) is 22.8 Å². The number of ketones is 1. The van der Waals surface area contributed by atoms with Crippen LogP contribution in [0.4, 0.5) is 10.1 Å². The van der Waals surface area contributed by atoms with Crippen molar-refractivity contribution in [2.45, 2.75) is 19.4 Å². The summed E-state index contributed by atoms with van der Waals surface area (Å²) < 4.78 is 13.5. The first-order chi connectivity index (χ1) is 11.6. The number of carbonyl (C=O) groups is 2. The van der Waals surface area contributed by atoms with Crippen molar-refractivity contribution in [1.82, 2.24) is 4.98 Å². The van der Waals surface area contributed by atoms with Gasteiger partial charge in [0.1, 0.15) is 5.82 Å². The molecule has 1 amide bonds. The monoisotopic (exact) mass is 322 g/mol. The molecule has 0 saturated carbocycles. The fourth-order valence-electron chi connectivity index (χ4n) is 3.38. The highest BCUT2D eigenvalue weighted by Crippen LogP contribution is 2.32. The molecule has 0 radical (unpaired) electrons. The molecule has 4 nitrogen and oxygen atoms in total. The van der Waals surface area contributed by atoms with Gasteiger partial charge in [-0.3, -0.25) is 9.59 Å². The number of nitrogens with one attached hydrogen (secondary N) is 1. The number of benzene rings is 2. The molecule has 2 heterocycles. The minimum absolute atomic E-state index is 0.0826. The van der Waals surface area contributed by atoms with Crippen LogP contribution in [0.3, 0.4) is 0 Å². The van der Waals surface area contributed by atoms with Crippen molar-refractivity contribution in [3.8, 4) is 0 Å². The number of aromatic amines is 1. The highest BCUT2D eigenvalue weighted by Gasteiger charge is 2.35. The van der Waals surface area contributed by atoms with E-state index in [0.717, 1.165) is 17.7 Å². The minimum atomic E-state index is -0.629. The van der Waals surface area contributed by atoms with Crippen molar-refractivity contribution in [3.05, 3.63) is 65.6 Å². The van der Waals surface area contributed by atoms with Gasteiger partial charge in [0.05, 0.1) is 5.56 Å². The maximum Gasteiger partial charge on any atom is 0.299 e. The van der Waals surface area contributed by atoms with Gasteiger partial charge in [0.15, 0.2) is 0 Å². The molecule has 0 spiro atoms. The summed E-state index contributed by atoms with van der Waals surface area (Å²) in [5.41, 5.74) is 2.65. The molecule has 1 atom stereocenters. The van der Waals surface area contributed by atoms with E-state index < -0.39 is 17.5 Å². The maximum atomic E-state index is 13.5. The third-order valence-corrected chi connectivity index (χ3v) is 4.51. The number of para-hydroxylation sites is 1. The third-order valence-electron chi connectivity index (χ3n) is 4.51. The molecule has 1 aliphatic heterocycles. The number of carbonyl (C=O) groups excluding carboxylic acids is 2. The first-order valence-corrected chi connectivity index (χ1v) is 7.78. The van der Waals surface area contributed by atoms with Crippen LogP contribution in [0, 0.1) is 5.82 Å². The summed E-state index contributed by atoms with van der Waals surface area (Å²) in [7, 11) is 0. The molecule has 24 heavy (non-hydrogen) atoms. The molecule has 4 rings (SSSR count). The molecule has 0 bridgehead atoms. The van der Waals surface area contributed by atoms with Crippen molar-refractivity contribution in [1.29, 1.82) is 0 Å². The van der Waals surface area contributed by atoms with Crippen LogP contribution in [0.5, 0.6) is 0 Å². The van der Waals surface area contributed by atoms with Crippen LogP contribution in [0.25, 0.3) is 10.9 Å². The van der Waals surface area contributed by atoms with Crippen LogP contribution in [-0.2, 0) is 11.2 Å². The van der Waals surface area contributed by atoms with Gasteiger partial charge in [0, 0.05) is 28.8 Å². The normalized spacial score (nSPS) is 16.4. The van der Waals surface area contributed by atoms with Gasteiger partial charge in [-0.1, -0.05) is 18.2 Å². The predicted octanol–water partition coefficient (Wildman–Crippen LogP) is 3.47. The van der Waals surface area contributed by atoms with Crippen molar-refractivity contribution in [3.63, 3.8) is 0 Å². The Bertz CT molecular complexity index is 976. The second-order valence-corrected chi connectivity index (χ2v) is 6.08. The Labute approximate surface area is 137 Å². The molecule has 0 aliphatic carbocycles. The Hall–Kier alpha value is -2.95. The van der Waals surface area contributed by atoms with Crippen LogP contribution >= 0.6 is 0 Å². The SMILES string of the molecule is CC1Cc2ccccc2N1C(=O)C(=O)c1c[nH]c2ccc(F)cc12. The summed E-state index contributed by atoms with van der Waals surface area (Å²) in [6.07, 6.45) is 2.19. The van der Waals surface area contributed by atoms with Crippen LogP contribution in [0.15, 0.2) is 48.7 Å². The van der Waals surface area contributed by atoms with Gasteiger partial charge in [-0.2, -0.15) is 0 Å². The summed E-state index contributed by atoms with van der Waals surface area (Å²) >= 11 is 0. The van der Waals surface area contributed by atoms with Crippen LogP contribution < -0.4 is 4.90 Å². The zero-order chi connectivity index (χ0) is 16.8. The second kappa shape index (κ2) is 5.30. The molecule has 2 aromatic carbocycles. The molecule has 1 aliphatic rings. The van der Waals surface area contributed by atoms with Crippen molar-refractivity contribution in [2.24, 2.45) is 0 Å². The Morgan fingerprint density at radius 2 is 2.00 bits per heavy atom. The lowest BCUT2D eigenvalue weighted by Crippen LogP contribution is -2.40. The van der Waals surface area contributed by atoms with E-state index in [4.69, 9.17) is 0 Å². The Kier molecular flexibility index (Phi) is 3.23. The van der Waals surface area contributed by atoms with Crippen molar-refractivity contribution in [2.75, 3.05) is 4.90 Å². The summed E-state index contributed by atoms with van der Waals surface area (Å²) in [6.45, 7) is 1.92. The lowest BCUT2D eigenvalue weighted by molar-refractivity contribution is -0.114. The molecular weight excluding hydrogens is 307 g/mol. The van der Waals surface area contributed by atoms with Crippen molar-refractivity contribution >= 4 is 28.3 Å². The summed E-state index contributed by atoms with van der Waals surface area (Å²) in [5.74, 6) is -1.66. The fraction of sp³-hybridized carbons (Fsp3) is 0.158. The number of halogens is 1. The maximum absolute atomic E-state index is 13.5. The van der Waals surface area contributed by atoms with E-state index in [1.807, 2.05) is 31.2 Å². The number of hydrogen-bond donors (Lipinski definition) is 1. The van der Waals surface area contributed by atoms with Crippen LogP contribution in [-0.4, -0.2) is 22.7 Å². The van der Waals surface area contributed by atoms with E-state index in [-0.39, 0.29) is 11.6 Å². The lowest BCUT2D eigenvalue weighted by atomic mass is 10.1. The van der Waals surface area contributed by atoms with Gasteiger partial charge in [-0.05, 0) is 43.2 Å². The van der Waals surface area contributed by atoms with Gasteiger partial charge < -0.3 is 9.88 Å². The highest BCUT2D eigenvalue weighted by atomic mass is 19.1. The molecule has 1 unspecified atom stereocenters. The average Bonchev–Trinajstić information content (AvgIpc) is 3.13. The number of hydrogen-bond acceptors (Lipinski definition) is 2. The Morgan fingerprint density at radius 1 is 1.21 bits per heavy atom. The quantitative estimate of drug-likeness (QED) is 0.580. The van der Waals surface area contributed by atoms with E-state index in [1.165, 1.54) is 23.2 Å².